The second kappa shape index (κ2) is 9.07. The molecule has 0 unspecified atom stereocenters. The summed E-state index contributed by atoms with van der Waals surface area (Å²) in [5, 5.41) is 2.66. The summed E-state index contributed by atoms with van der Waals surface area (Å²) in [6.07, 6.45) is -4.81. The van der Waals surface area contributed by atoms with Crippen LogP contribution < -0.4 is 10.1 Å². The van der Waals surface area contributed by atoms with Crippen LogP contribution in [0.3, 0.4) is 0 Å². The Balaban J connectivity index is 1.77. The molecule has 1 atom stereocenters. The summed E-state index contributed by atoms with van der Waals surface area (Å²) in [4.78, 5) is 23.6. The SMILES string of the molecule is C[C@H](CNC(=O)COC(=O)c1ccc(OC(F)(F)F)cc1)c1ccccc1. The van der Waals surface area contributed by atoms with Gasteiger partial charge in [-0.25, -0.2) is 4.79 Å². The molecule has 8 heteroatoms. The molecule has 0 saturated carbocycles. The van der Waals surface area contributed by atoms with Gasteiger partial charge >= 0.3 is 12.3 Å². The number of nitrogens with one attached hydrogen (secondary N) is 1. The van der Waals surface area contributed by atoms with Crippen LogP contribution in [0.15, 0.2) is 54.6 Å². The molecular formula is C19H18F3NO4. The van der Waals surface area contributed by atoms with E-state index in [0.717, 1.165) is 29.8 Å². The number of ether oxygens (including phenoxy) is 2. The molecule has 0 bridgehead atoms. The fourth-order valence-electron chi connectivity index (χ4n) is 2.22. The van der Waals surface area contributed by atoms with E-state index in [-0.39, 0.29) is 11.5 Å². The molecule has 1 N–H and O–H groups in total. The minimum absolute atomic E-state index is 0.00924. The van der Waals surface area contributed by atoms with Crippen molar-refractivity contribution < 1.29 is 32.2 Å². The summed E-state index contributed by atoms with van der Waals surface area (Å²) in [7, 11) is 0. The largest absolute Gasteiger partial charge is 0.573 e. The van der Waals surface area contributed by atoms with Gasteiger partial charge in [-0.1, -0.05) is 37.3 Å². The van der Waals surface area contributed by atoms with Gasteiger partial charge < -0.3 is 14.8 Å². The van der Waals surface area contributed by atoms with Crippen LogP contribution in [-0.4, -0.2) is 31.4 Å². The number of carbonyl (C=O) groups is 2. The Morgan fingerprint density at radius 3 is 2.26 bits per heavy atom. The number of alkyl halides is 3. The molecule has 1 amide bonds. The molecule has 2 aromatic rings. The second-order valence-corrected chi connectivity index (χ2v) is 5.76. The average molecular weight is 381 g/mol. The van der Waals surface area contributed by atoms with E-state index in [2.05, 4.69) is 10.1 Å². The van der Waals surface area contributed by atoms with Crippen LogP contribution in [-0.2, 0) is 9.53 Å². The summed E-state index contributed by atoms with van der Waals surface area (Å²) in [5.74, 6) is -1.65. The average Bonchev–Trinajstić information content (AvgIpc) is 2.64. The molecule has 0 radical (unpaired) electrons. The molecule has 27 heavy (non-hydrogen) atoms. The first kappa shape index (κ1) is 20.3. The maximum atomic E-state index is 12.1. The molecule has 0 saturated heterocycles. The predicted molar refractivity (Wildman–Crippen MR) is 91.3 cm³/mol. The minimum Gasteiger partial charge on any atom is -0.452 e. The number of carbonyl (C=O) groups excluding carboxylic acids is 2. The van der Waals surface area contributed by atoms with Crippen molar-refractivity contribution in [3.63, 3.8) is 0 Å². The van der Waals surface area contributed by atoms with Crippen molar-refractivity contribution in [2.24, 2.45) is 0 Å². The third-order valence-corrected chi connectivity index (χ3v) is 3.63. The Morgan fingerprint density at radius 2 is 1.67 bits per heavy atom. The van der Waals surface area contributed by atoms with Gasteiger partial charge in [0.25, 0.3) is 5.91 Å². The molecule has 0 aromatic heterocycles. The standard InChI is InChI=1S/C19H18F3NO4/c1-13(14-5-3-2-4-6-14)11-23-17(24)12-26-18(25)15-7-9-16(10-8-15)27-19(20,21)22/h2-10,13H,11-12H2,1H3,(H,23,24)/t13-/m1/s1. The van der Waals surface area contributed by atoms with Gasteiger partial charge in [0, 0.05) is 6.54 Å². The highest BCUT2D eigenvalue weighted by atomic mass is 19.4. The van der Waals surface area contributed by atoms with Crippen LogP contribution in [0.25, 0.3) is 0 Å². The lowest BCUT2D eigenvalue weighted by atomic mass is 10.0. The Labute approximate surface area is 154 Å². The van der Waals surface area contributed by atoms with E-state index in [0.29, 0.717) is 6.54 Å². The Bertz CT molecular complexity index is 761. The Kier molecular flexibility index (Phi) is 6.81. The maximum Gasteiger partial charge on any atom is 0.573 e. The van der Waals surface area contributed by atoms with Crippen LogP contribution in [0, 0.1) is 0 Å². The Hall–Kier alpha value is -3.03. The van der Waals surface area contributed by atoms with E-state index in [1.54, 1.807) is 0 Å². The van der Waals surface area contributed by atoms with Crippen molar-refractivity contribution >= 4 is 11.9 Å². The van der Waals surface area contributed by atoms with E-state index in [1.165, 1.54) is 0 Å². The van der Waals surface area contributed by atoms with Gasteiger partial charge in [0.15, 0.2) is 6.61 Å². The molecule has 0 fully saturated rings. The molecule has 144 valence electrons. The van der Waals surface area contributed by atoms with Crippen LogP contribution in [0.2, 0.25) is 0 Å². The topological polar surface area (TPSA) is 64.6 Å². The highest BCUT2D eigenvalue weighted by molar-refractivity contribution is 5.91. The van der Waals surface area contributed by atoms with E-state index in [4.69, 9.17) is 4.74 Å². The first-order valence-corrected chi connectivity index (χ1v) is 8.09. The van der Waals surface area contributed by atoms with E-state index >= 15 is 0 Å². The number of hydrogen-bond acceptors (Lipinski definition) is 4. The monoisotopic (exact) mass is 381 g/mol. The molecule has 0 aliphatic carbocycles. The van der Waals surface area contributed by atoms with Crippen molar-refractivity contribution in [1.29, 1.82) is 0 Å². The summed E-state index contributed by atoms with van der Waals surface area (Å²) < 4.78 is 44.8. The van der Waals surface area contributed by atoms with E-state index < -0.39 is 30.6 Å². The van der Waals surface area contributed by atoms with E-state index in [1.807, 2.05) is 37.3 Å². The van der Waals surface area contributed by atoms with Gasteiger partial charge in [-0.15, -0.1) is 13.2 Å². The minimum atomic E-state index is -4.81. The fraction of sp³-hybridized carbons (Fsp3) is 0.263. The molecule has 2 rings (SSSR count). The lowest BCUT2D eigenvalue weighted by molar-refractivity contribution is -0.274. The number of amides is 1. The lowest BCUT2D eigenvalue weighted by Gasteiger charge is -2.13. The van der Waals surface area contributed by atoms with Gasteiger partial charge in [-0.3, -0.25) is 4.79 Å². The maximum absolute atomic E-state index is 12.1. The molecule has 0 heterocycles. The molecule has 0 aliphatic rings. The molecule has 0 aliphatic heterocycles. The number of esters is 1. The van der Waals surface area contributed by atoms with Crippen LogP contribution in [0.4, 0.5) is 13.2 Å². The van der Waals surface area contributed by atoms with Gasteiger partial charge in [0.05, 0.1) is 5.56 Å². The highest BCUT2D eigenvalue weighted by Gasteiger charge is 2.31. The van der Waals surface area contributed by atoms with Gasteiger partial charge in [-0.05, 0) is 35.7 Å². The van der Waals surface area contributed by atoms with E-state index in [9.17, 15) is 22.8 Å². The van der Waals surface area contributed by atoms with Crippen LogP contribution in [0.1, 0.15) is 28.8 Å². The highest BCUT2D eigenvalue weighted by Crippen LogP contribution is 2.22. The van der Waals surface area contributed by atoms with Gasteiger partial charge in [0.2, 0.25) is 0 Å². The molecular weight excluding hydrogens is 363 g/mol. The number of hydrogen-bond donors (Lipinski definition) is 1. The molecule has 0 spiro atoms. The second-order valence-electron chi connectivity index (χ2n) is 5.76. The van der Waals surface area contributed by atoms with Crippen LogP contribution in [0.5, 0.6) is 5.75 Å². The summed E-state index contributed by atoms with van der Waals surface area (Å²) in [6.45, 7) is 1.84. The van der Waals surface area contributed by atoms with Gasteiger partial charge in [-0.2, -0.15) is 0 Å². The number of rotatable bonds is 7. The number of halogens is 3. The van der Waals surface area contributed by atoms with Crippen molar-refractivity contribution in [3.05, 3.63) is 65.7 Å². The first-order chi connectivity index (χ1) is 12.7. The first-order valence-electron chi connectivity index (χ1n) is 8.09. The fourth-order valence-corrected chi connectivity index (χ4v) is 2.22. The van der Waals surface area contributed by atoms with Crippen molar-refractivity contribution in [1.82, 2.24) is 5.32 Å². The zero-order valence-corrected chi connectivity index (χ0v) is 14.5. The number of benzene rings is 2. The quantitative estimate of drug-likeness (QED) is 0.744. The Morgan fingerprint density at radius 1 is 1.04 bits per heavy atom. The van der Waals surface area contributed by atoms with Crippen molar-refractivity contribution in [3.8, 4) is 5.75 Å². The lowest BCUT2D eigenvalue weighted by Crippen LogP contribution is -2.31. The summed E-state index contributed by atoms with van der Waals surface area (Å²) >= 11 is 0. The molecule has 5 nitrogen and oxygen atoms in total. The zero-order chi connectivity index (χ0) is 19.9. The van der Waals surface area contributed by atoms with Gasteiger partial charge in [0.1, 0.15) is 5.75 Å². The normalized spacial score (nSPS) is 12.1. The van der Waals surface area contributed by atoms with Crippen molar-refractivity contribution in [2.45, 2.75) is 19.2 Å². The summed E-state index contributed by atoms with van der Waals surface area (Å²) in [6, 6.07) is 13.8. The third-order valence-electron chi connectivity index (χ3n) is 3.63. The predicted octanol–water partition coefficient (Wildman–Crippen LogP) is 3.66. The smallest absolute Gasteiger partial charge is 0.452 e. The molecule has 2 aromatic carbocycles. The van der Waals surface area contributed by atoms with Crippen LogP contribution >= 0.6 is 0 Å². The third kappa shape index (κ3) is 7.01. The zero-order valence-electron chi connectivity index (χ0n) is 14.5. The van der Waals surface area contributed by atoms with Crippen molar-refractivity contribution in [2.75, 3.05) is 13.2 Å². The summed E-state index contributed by atoms with van der Waals surface area (Å²) in [5.41, 5.74) is 1.07.